The molecule has 6 nitrogen and oxygen atoms in total. The summed E-state index contributed by atoms with van der Waals surface area (Å²) < 4.78 is 16.9. The van der Waals surface area contributed by atoms with Crippen molar-refractivity contribution in [2.75, 3.05) is 13.2 Å². The summed E-state index contributed by atoms with van der Waals surface area (Å²) in [6, 6.07) is 0. The van der Waals surface area contributed by atoms with Crippen molar-refractivity contribution in [2.24, 2.45) is 0 Å². The summed E-state index contributed by atoms with van der Waals surface area (Å²) in [7, 11) is 0. The summed E-state index contributed by atoms with van der Waals surface area (Å²) in [6.45, 7) is 6.54. The Bertz CT molecular complexity index is 1470. The normalized spacial score (nSPS) is 12.5. The first-order valence-electron chi connectivity index (χ1n) is 34.9. The lowest BCUT2D eigenvalue weighted by Crippen LogP contribution is -2.30. The molecule has 0 saturated heterocycles. The first-order chi connectivity index (χ1) is 39.5. The highest BCUT2D eigenvalue weighted by atomic mass is 16.6. The highest BCUT2D eigenvalue weighted by Gasteiger charge is 2.19. The molecule has 0 aromatic heterocycles. The summed E-state index contributed by atoms with van der Waals surface area (Å²) in [5.74, 6) is -0.856. The molecule has 0 spiro atoms. The fourth-order valence-corrected chi connectivity index (χ4v) is 10.2. The Kier molecular flexibility index (Phi) is 65.7. The first-order valence-corrected chi connectivity index (χ1v) is 34.9. The summed E-state index contributed by atoms with van der Waals surface area (Å²) in [4.78, 5) is 38.2. The van der Waals surface area contributed by atoms with Crippen LogP contribution in [0.3, 0.4) is 0 Å². The SMILES string of the molecule is CC/C=C\C/C=C\C/C=C\C/C=C\CCCCCCCCCCCCCCCCC(=O)OCC(COC(=O)CCCCCCCCCC)OC(=O)CCCCCCCCCCCCCCCCC/C=C\C/C=C\CCCCCCC. The fraction of sp³-hybridized carbons (Fsp3) is 0.797. The van der Waals surface area contributed by atoms with Gasteiger partial charge in [-0.05, 0) is 89.9 Å². The number of rotatable bonds is 64. The van der Waals surface area contributed by atoms with Crippen molar-refractivity contribution in [2.45, 2.75) is 367 Å². The molecular weight excluding hydrogens is 985 g/mol. The van der Waals surface area contributed by atoms with Crippen molar-refractivity contribution < 1.29 is 28.6 Å². The van der Waals surface area contributed by atoms with E-state index in [2.05, 4.69) is 93.7 Å². The van der Waals surface area contributed by atoms with Crippen molar-refractivity contribution in [3.8, 4) is 0 Å². The third-order valence-corrected chi connectivity index (χ3v) is 15.4. The van der Waals surface area contributed by atoms with E-state index in [1.807, 2.05) is 0 Å². The van der Waals surface area contributed by atoms with Gasteiger partial charge in [0, 0.05) is 19.3 Å². The molecule has 0 rings (SSSR count). The second-order valence-corrected chi connectivity index (χ2v) is 23.4. The van der Waals surface area contributed by atoms with Crippen molar-refractivity contribution in [3.05, 3.63) is 72.9 Å². The molecule has 0 saturated carbocycles. The van der Waals surface area contributed by atoms with E-state index in [0.29, 0.717) is 19.3 Å². The zero-order valence-electron chi connectivity index (χ0n) is 53.3. The number of ether oxygens (including phenoxy) is 3. The van der Waals surface area contributed by atoms with E-state index in [4.69, 9.17) is 14.2 Å². The Morgan fingerprint density at radius 3 is 0.762 bits per heavy atom. The van der Waals surface area contributed by atoms with Crippen LogP contribution in [0.2, 0.25) is 0 Å². The second-order valence-electron chi connectivity index (χ2n) is 23.4. The Morgan fingerprint density at radius 1 is 0.263 bits per heavy atom. The molecule has 0 radical (unpaired) electrons. The molecule has 0 heterocycles. The molecule has 464 valence electrons. The van der Waals surface area contributed by atoms with Crippen LogP contribution in [0, 0.1) is 0 Å². The highest BCUT2D eigenvalue weighted by molar-refractivity contribution is 5.71. The van der Waals surface area contributed by atoms with Gasteiger partial charge in [-0.1, -0.05) is 325 Å². The number of carbonyl (C=O) groups is 3. The second kappa shape index (κ2) is 68.3. The van der Waals surface area contributed by atoms with Crippen molar-refractivity contribution >= 4 is 17.9 Å². The topological polar surface area (TPSA) is 78.9 Å². The number of allylic oxidation sites excluding steroid dienone is 12. The van der Waals surface area contributed by atoms with Gasteiger partial charge in [0.1, 0.15) is 13.2 Å². The van der Waals surface area contributed by atoms with Crippen molar-refractivity contribution in [3.63, 3.8) is 0 Å². The minimum atomic E-state index is -0.772. The Balaban J connectivity index is 4.10. The van der Waals surface area contributed by atoms with E-state index in [-0.39, 0.29) is 31.1 Å². The Hall–Kier alpha value is -3.15. The molecule has 0 aliphatic rings. The molecule has 0 aromatic carbocycles. The van der Waals surface area contributed by atoms with Crippen LogP contribution in [-0.4, -0.2) is 37.2 Å². The van der Waals surface area contributed by atoms with E-state index in [1.165, 1.54) is 231 Å². The summed E-state index contributed by atoms with van der Waals surface area (Å²) in [5.41, 5.74) is 0. The van der Waals surface area contributed by atoms with Crippen molar-refractivity contribution in [1.82, 2.24) is 0 Å². The summed E-state index contributed by atoms with van der Waals surface area (Å²) >= 11 is 0. The lowest BCUT2D eigenvalue weighted by atomic mass is 10.0. The largest absolute Gasteiger partial charge is 0.462 e. The minimum Gasteiger partial charge on any atom is -0.462 e. The molecule has 1 atom stereocenters. The molecule has 0 bridgehead atoms. The molecule has 1 unspecified atom stereocenters. The van der Waals surface area contributed by atoms with Crippen LogP contribution in [0.4, 0.5) is 0 Å². The Morgan fingerprint density at radius 2 is 0.487 bits per heavy atom. The van der Waals surface area contributed by atoms with E-state index in [9.17, 15) is 14.4 Å². The van der Waals surface area contributed by atoms with E-state index < -0.39 is 6.10 Å². The smallest absolute Gasteiger partial charge is 0.306 e. The zero-order chi connectivity index (χ0) is 57.8. The number of unbranched alkanes of at least 4 members (excludes halogenated alkanes) is 41. The number of carbonyl (C=O) groups excluding carboxylic acids is 3. The van der Waals surface area contributed by atoms with Gasteiger partial charge >= 0.3 is 17.9 Å². The lowest BCUT2D eigenvalue weighted by molar-refractivity contribution is -0.167. The van der Waals surface area contributed by atoms with Gasteiger partial charge in [-0.3, -0.25) is 14.4 Å². The van der Waals surface area contributed by atoms with Crippen LogP contribution < -0.4 is 0 Å². The number of esters is 3. The maximum atomic E-state index is 12.9. The lowest BCUT2D eigenvalue weighted by Gasteiger charge is -2.18. The quantitative estimate of drug-likeness (QED) is 0.0261. The summed E-state index contributed by atoms with van der Waals surface area (Å²) in [6.07, 6.45) is 89.5. The number of hydrogen-bond acceptors (Lipinski definition) is 6. The first kappa shape index (κ1) is 76.9. The third-order valence-electron chi connectivity index (χ3n) is 15.4. The predicted molar refractivity (Wildman–Crippen MR) is 348 cm³/mol. The van der Waals surface area contributed by atoms with Gasteiger partial charge in [-0.2, -0.15) is 0 Å². The molecule has 0 aliphatic carbocycles. The molecule has 0 aromatic rings. The minimum absolute atomic E-state index is 0.0708. The van der Waals surface area contributed by atoms with Crippen LogP contribution in [0.5, 0.6) is 0 Å². The van der Waals surface area contributed by atoms with Gasteiger partial charge in [0.2, 0.25) is 0 Å². The van der Waals surface area contributed by atoms with Gasteiger partial charge in [0.25, 0.3) is 0 Å². The fourth-order valence-electron chi connectivity index (χ4n) is 10.2. The van der Waals surface area contributed by atoms with Gasteiger partial charge in [0.05, 0.1) is 0 Å². The van der Waals surface area contributed by atoms with Crippen LogP contribution in [0.25, 0.3) is 0 Å². The van der Waals surface area contributed by atoms with Gasteiger partial charge in [-0.25, -0.2) is 0 Å². The van der Waals surface area contributed by atoms with Gasteiger partial charge in [-0.15, -0.1) is 0 Å². The molecular formula is C74H132O6. The maximum absolute atomic E-state index is 12.9. The molecule has 0 fully saturated rings. The van der Waals surface area contributed by atoms with Crippen LogP contribution in [0.1, 0.15) is 361 Å². The molecule has 0 aliphatic heterocycles. The molecule has 6 heteroatoms. The molecule has 0 N–H and O–H groups in total. The zero-order valence-corrected chi connectivity index (χ0v) is 53.3. The third kappa shape index (κ3) is 65.7. The van der Waals surface area contributed by atoms with Crippen LogP contribution in [-0.2, 0) is 28.6 Å². The average molecular weight is 1120 g/mol. The van der Waals surface area contributed by atoms with E-state index >= 15 is 0 Å². The summed E-state index contributed by atoms with van der Waals surface area (Å²) in [5, 5.41) is 0. The molecule has 80 heavy (non-hydrogen) atoms. The van der Waals surface area contributed by atoms with E-state index in [1.54, 1.807) is 0 Å². The van der Waals surface area contributed by atoms with Gasteiger partial charge in [0.15, 0.2) is 6.10 Å². The van der Waals surface area contributed by atoms with Crippen LogP contribution in [0.15, 0.2) is 72.9 Å². The highest BCUT2D eigenvalue weighted by Crippen LogP contribution is 2.18. The standard InChI is InChI=1S/C74H132O6/c1-4-7-10-13-16-19-21-23-25-27-29-31-33-35-37-39-41-43-45-47-49-51-53-55-58-61-64-67-73(76)79-70-71(69-78-72(75)66-63-60-57-18-15-12-9-6-3)80-74(77)68-65-62-59-56-54-52-50-48-46-44-42-40-38-36-34-32-30-28-26-24-22-20-17-14-11-8-5-2/h7,10,16,19,22-25,28-31,71H,4-6,8-9,11-15,17-18,20-21,26-27,32-70H2,1-3H3/b10-7-,19-16-,24-22-,25-23-,30-28-,31-29-. The predicted octanol–water partition coefficient (Wildman–Crippen LogP) is 24.1. The van der Waals surface area contributed by atoms with Crippen molar-refractivity contribution in [1.29, 1.82) is 0 Å². The monoisotopic (exact) mass is 1120 g/mol. The van der Waals surface area contributed by atoms with Gasteiger partial charge < -0.3 is 14.2 Å². The van der Waals surface area contributed by atoms with Crippen LogP contribution >= 0.6 is 0 Å². The maximum Gasteiger partial charge on any atom is 0.306 e. The Labute approximate surface area is 497 Å². The number of hydrogen-bond donors (Lipinski definition) is 0. The van der Waals surface area contributed by atoms with E-state index in [0.717, 1.165) is 89.9 Å². The molecule has 0 amide bonds. The average Bonchev–Trinajstić information content (AvgIpc) is 3.46.